The van der Waals surface area contributed by atoms with Crippen molar-refractivity contribution in [2.24, 2.45) is 5.41 Å². The Labute approximate surface area is 182 Å². The monoisotopic (exact) mass is 416 g/mol. The molecule has 6 nitrogen and oxygen atoms in total. The molecule has 1 saturated heterocycles. The maximum atomic E-state index is 13.3. The van der Waals surface area contributed by atoms with Gasteiger partial charge in [-0.25, -0.2) is 0 Å². The van der Waals surface area contributed by atoms with Crippen LogP contribution in [0, 0.1) is 5.41 Å². The summed E-state index contributed by atoms with van der Waals surface area (Å²) in [6, 6.07) is 20.3. The first-order valence-electron chi connectivity index (χ1n) is 10.7. The fourth-order valence-corrected chi connectivity index (χ4v) is 4.25. The summed E-state index contributed by atoms with van der Waals surface area (Å²) in [4.78, 5) is 27.8. The molecule has 2 N–H and O–H groups in total. The van der Waals surface area contributed by atoms with E-state index in [1.807, 2.05) is 32.0 Å². The Bertz CT molecular complexity index is 1030. The van der Waals surface area contributed by atoms with E-state index in [-0.39, 0.29) is 17.9 Å². The van der Waals surface area contributed by atoms with Gasteiger partial charge in [0.05, 0.1) is 5.41 Å². The predicted molar refractivity (Wildman–Crippen MR) is 120 cm³/mol. The SMILES string of the molecule is CC(C)NC(=O)[C@@]1(Cc2ccc(-c3ccccc3)cc2)CCN(C(=O)c2ccn[nH]2)C1. The van der Waals surface area contributed by atoms with Crippen molar-refractivity contribution in [1.29, 1.82) is 0 Å². The van der Waals surface area contributed by atoms with Crippen LogP contribution in [0.5, 0.6) is 0 Å². The smallest absolute Gasteiger partial charge is 0.271 e. The van der Waals surface area contributed by atoms with E-state index in [9.17, 15) is 9.59 Å². The number of aromatic amines is 1. The highest BCUT2D eigenvalue weighted by atomic mass is 16.2. The molecule has 2 heterocycles. The second kappa shape index (κ2) is 8.76. The molecule has 0 unspecified atom stereocenters. The molecule has 160 valence electrons. The van der Waals surface area contributed by atoms with Gasteiger partial charge in [0.2, 0.25) is 5.91 Å². The van der Waals surface area contributed by atoms with Crippen LogP contribution in [0.3, 0.4) is 0 Å². The molecule has 0 radical (unpaired) electrons. The topological polar surface area (TPSA) is 78.1 Å². The van der Waals surface area contributed by atoms with Crippen LogP contribution in [-0.4, -0.2) is 46.0 Å². The zero-order valence-corrected chi connectivity index (χ0v) is 18.0. The third kappa shape index (κ3) is 4.53. The first kappa shape index (κ1) is 20.8. The Hall–Kier alpha value is -3.41. The van der Waals surface area contributed by atoms with Crippen LogP contribution < -0.4 is 5.32 Å². The lowest BCUT2D eigenvalue weighted by Crippen LogP contribution is -2.47. The van der Waals surface area contributed by atoms with Gasteiger partial charge in [0.15, 0.2) is 0 Å². The molecule has 3 aromatic rings. The zero-order valence-electron chi connectivity index (χ0n) is 18.0. The van der Waals surface area contributed by atoms with E-state index in [0.717, 1.165) is 11.1 Å². The van der Waals surface area contributed by atoms with Crippen molar-refractivity contribution in [3.8, 4) is 11.1 Å². The van der Waals surface area contributed by atoms with Crippen molar-refractivity contribution in [3.05, 3.63) is 78.1 Å². The average molecular weight is 417 g/mol. The molecule has 4 rings (SSSR count). The summed E-state index contributed by atoms with van der Waals surface area (Å²) >= 11 is 0. The summed E-state index contributed by atoms with van der Waals surface area (Å²) in [6.45, 7) is 4.86. The molecule has 1 fully saturated rings. The van der Waals surface area contributed by atoms with Crippen LogP contribution in [0.15, 0.2) is 66.9 Å². The van der Waals surface area contributed by atoms with Crippen LogP contribution in [-0.2, 0) is 11.2 Å². The van der Waals surface area contributed by atoms with E-state index in [2.05, 4.69) is 51.9 Å². The van der Waals surface area contributed by atoms with Crippen molar-refractivity contribution >= 4 is 11.8 Å². The maximum absolute atomic E-state index is 13.3. The molecule has 1 aliphatic heterocycles. The minimum absolute atomic E-state index is 0.00884. The number of hydrogen-bond acceptors (Lipinski definition) is 3. The van der Waals surface area contributed by atoms with E-state index in [1.54, 1.807) is 17.2 Å². The average Bonchev–Trinajstić information content (AvgIpc) is 3.45. The van der Waals surface area contributed by atoms with E-state index < -0.39 is 5.41 Å². The van der Waals surface area contributed by atoms with E-state index >= 15 is 0 Å². The Morgan fingerprint density at radius 1 is 1.06 bits per heavy atom. The molecule has 2 aromatic carbocycles. The van der Waals surface area contributed by atoms with Gasteiger partial charge < -0.3 is 10.2 Å². The minimum atomic E-state index is -0.645. The number of likely N-dealkylation sites (tertiary alicyclic amines) is 1. The van der Waals surface area contributed by atoms with E-state index in [0.29, 0.717) is 31.6 Å². The van der Waals surface area contributed by atoms with E-state index in [1.165, 1.54) is 5.56 Å². The van der Waals surface area contributed by atoms with Crippen LogP contribution in [0.1, 0.15) is 36.3 Å². The van der Waals surface area contributed by atoms with Crippen LogP contribution in [0.2, 0.25) is 0 Å². The molecule has 1 aromatic heterocycles. The molecular weight excluding hydrogens is 388 g/mol. The fourth-order valence-electron chi connectivity index (χ4n) is 4.25. The highest BCUT2D eigenvalue weighted by Crippen LogP contribution is 2.36. The second-order valence-electron chi connectivity index (χ2n) is 8.60. The summed E-state index contributed by atoms with van der Waals surface area (Å²) in [5.74, 6) is -0.106. The lowest BCUT2D eigenvalue weighted by Gasteiger charge is -2.29. The Morgan fingerprint density at radius 2 is 1.77 bits per heavy atom. The standard InChI is InChI=1S/C25H28N4O2/c1-18(2)27-24(31)25(13-15-29(17-25)23(30)22-12-14-26-28-22)16-19-8-10-21(11-9-19)20-6-4-3-5-7-20/h3-12,14,18H,13,15-17H2,1-2H3,(H,26,28)(H,27,31)/t25-/m1/s1. The molecule has 0 bridgehead atoms. The van der Waals surface area contributed by atoms with Gasteiger partial charge in [0.25, 0.3) is 5.91 Å². The number of H-pyrrole nitrogens is 1. The summed E-state index contributed by atoms with van der Waals surface area (Å²) in [6.07, 6.45) is 2.79. The maximum Gasteiger partial charge on any atom is 0.271 e. The molecule has 2 amide bonds. The number of carbonyl (C=O) groups excluding carboxylic acids is 2. The summed E-state index contributed by atoms with van der Waals surface area (Å²) in [5, 5.41) is 9.69. The third-order valence-electron chi connectivity index (χ3n) is 5.88. The van der Waals surface area contributed by atoms with Gasteiger partial charge in [-0.05, 0) is 49.4 Å². The molecule has 1 aliphatic rings. The van der Waals surface area contributed by atoms with Gasteiger partial charge in [-0.2, -0.15) is 5.10 Å². The van der Waals surface area contributed by atoms with Crippen LogP contribution in [0.4, 0.5) is 0 Å². The number of rotatable bonds is 6. The number of amides is 2. The molecule has 0 aliphatic carbocycles. The zero-order chi connectivity index (χ0) is 21.8. The predicted octanol–water partition coefficient (Wildman–Crippen LogP) is 3.68. The number of carbonyl (C=O) groups is 2. The highest BCUT2D eigenvalue weighted by Gasteiger charge is 2.46. The Kier molecular flexibility index (Phi) is 5.89. The van der Waals surface area contributed by atoms with Gasteiger partial charge in [-0.1, -0.05) is 54.6 Å². The third-order valence-corrected chi connectivity index (χ3v) is 5.88. The quantitative estimate of drug-likeness (QED) is 0.644. The molecule has 31 heavy (non-hydrogen) atoms. The number of aromatic nitrogens is 2. The second-order valence-corrected chi connectivity index (χ2v) is 8.60. The van der Waals surface area contributed by atoms with Crippen molar-refractivity contribution < 1.29 is 9.59 Å². The molecule has 1 atom stereocenters. The van der Waals surface area contributed by atoms with Gasteiger partial charge in [0.1, 0.15) is 5.69 Å². The summed E-state index contributed by atoms with van der Waals surface area (Å²) in [5.41, 5.74) is 3.21. The number of nitrogens with one attached hydrogen (secondary N) is 2. The lowest BCUT2D eigenvalue weighted by atomic mass is 9.79. The number of benzene rings is 2. The minimum Gasteiger partial charge on any atom is -0.353 e. The Morgan fingerprint density at radius 3 is 2.42 bits per heavy atom. The van der Waals surface area contributed by atoms with Crippen LogP contribution >= 0.6 is 0 Å². The lowest BCUT2D eigenvalue weighted by molar-refractivity contribution is -0.130. The van der Waals surface area contributed by atoms with Crippen LogP contribution in [0.25, 0.3) is 11.1 Å². The summed E-state index contributed by atoms with van der Waals surface area (Å²) in [7, 11) is 0. The van der Waals surface area contributed by atoms with Crippen molar-refractivity contribution in [2.45, 2.75) is 32.7 Å². The largest absolute Gasteiger partial charge is 0.353 e. The van der Waals surface area contributed by atoms with Gasteiger partial charge in [-0.3, -0.25) is 14.7 Å². The van der Waals surface area contributed by atoms with Gasteiger partial charge in [0, 0.05) is 25.3 Å². The van der Waals surface area contributed by atoms with Crippen molar-refractivity contribution in [2.75, 3.05) is 13.1 Å². The number of hydrogen-bond donors (Lipinski definition) is 2. The van der Waals surface area contributed by atoms with Crippen molar-refractivity contribution in [3.63, 3.8) is 0 Å². The normalized spacial score (nSPS) is 18.4. The molecule has 0 spiro atoms. The fraction of sp³-hybridized carbons (Fsp3) is 0.320. The van der Waals surface area contributed by atoms with Gasteiger partial charge in [-0.15, -0.1) is 0 Å². The first-order valence-corrected chi connectivity index (χ1v) is 10.7. The number of nitrogens with zero attached hydrogens (tertiary/aromatic N) is 2. The molecule has 6 heteroatoms. The highest BCUT2D eigenvalue weighted by molar-refractivity contribution is 5.93. The first-order chi connectivity index (χ1) is 15.0. The Balaban J connectivity index is 1.56. The van der Waals surface area contributed by atoms with Crippen molar-refractivity contribution in [1.82, 2.24) is 20.4 Å². The van der Waals surface area contributed by atoms with E-state index in [4.69, 9.17) is 0 Å². The molecule has 0 saturated carbocycles. The molecular formula is C25H28N4O2. The summed E-state index contributed by atoms with van der Waals surface area (Å²) < 4.78 is 0. The van der Waals surface area contributed by atoms with Gasteiger partial charge >= 0.3 is 0 Å².